The summed E-state index contributed by atoms with van der Waals surface area (Å²) in [6, 6.07) is 7.82. The number of sulfone groups is 1. The summed E-state index contributed by atoms with van der Waals surface area (Å²) in [6.45, 7) is 8.54. The first-order chi connectivity index (χ1) is 9.90. The molecule has 21 heavy (non-hydrogen) atoms. The van der Waals surface area contributed by atoms with Crippen LogP contribution in [-0.4, -0.2) is 45.2 Å². The Hall–Kier alpha value is -0.910. The van der Waals surface area contributed by atoms with Crippen LogP contribution in [-0.2, 0) is 16.4 Å². The van der Waals surface area contributed by atoms with Crippen molar-refractivity contribution < 1.29 is 8.42 Å². The van der Waals surface area contributed by atoms with Crippen LogP contribution < -0.4 is 5.32 Å². The van der Waals surface area contributed by atoms with Crippen molar-refractivity contribution in [3.63, 3.8) is 0 Å². The molecule has 2 rings (SSSR count). The Balaban J connectivity index is 1.98. The van der Waals surface area contributed by atoms with Crippen molar-refractivity contribution >= 4 is 9.84 Å². The predicted molar refractivity (Wildman–Crippen MR) is 86.1 cm³/mol. The summed E-state index contributed by atoms with van der Waals surface area (Å²) in [7, 11) is -3.10. The standard InChI is InChI=1S/C16H26N2O2S/c1-4-13(2)16-12-18(10-9-17-16)11-14-5-7-15(8-6-14)21(3,19)20/h5-8,13,16-17H,4,9-12H2,1-3H3. The number of nitrogens with zero attached hydrogens (tertiary/aromatic N) is 1. The highest BCUT2D eigenvalue weighted by molar-refractivity contribution is 7.90. The molecule has 2 unspecified atom stereocenters. The molecule has 1 aromatic rings. The van der Waals surface area contributed by atoms with E-state index in [4.69, 9.17) is 0 Å². The fourth-order valence-corrected chi connectivity index (χ4v) is 3.38. The summed E-state index contributed by atoms with van der Waals surface area (Å²) in [5.74, 6) is 0.681. The fourth-order valence-electron chi connectivity index (χ4n) is 2.75. The molecule has 1 fully saturated rings. The van der Waals surface area contributed by atoms with E-state index < -0.39 is 9.84 Å². The minimum atomic E-state index is -3.10. The summed E-state index contributed by atoms with van der Waals surface area (Å²) in [4.78, 5) is 2.84. The first-order valence-corrected chi connectivity index (χ1v) is 9.54. The molecule has 0 spiro atoms. The van der Waals surface area contributed by atoms with Gasteiger partial charge in [-0.05, 0) is 23.6 Å². The molecule has 0 bridgehead atoms. The van der Waals surface area contributed by atoms with Crippen molar-refractivity contribution in [2.75, 3.05) is 25.9 Å². The lowest BCUT2D eigenvalue weighted by molar-refractivity contribution is 0.162. The zero-order valence-electron chi connectivity index (χ0n) is 13.2. The summed E-state index contributed by atoms with van der Waals surface area (Å²) >= 11 is 0. The third kappa shape index (κ3) is 4.53. The van der Waals surface area contributed by atoms with E-state index in [2.05, 4.69) is 24.1 Å². The first-order valence-electron chi connectivity index (χ1n) is 7.65. The number of hydrogen-bond donors (Lipinski definition) is 1. The van der Waals surface area contributed by atoms with Gasteiger partial charge >= 0.3 is 0 Å². The van der Waals surface area contributed by atoms with Gasteiger partial charge in [0.1, 0.15) is 0 Å². The molecule has 4 nitrogen and oxygen atoms in total. The predicted octanol–water partition coefficient (Wildman–Crippen LogP) is 1.91. The normalized spacial score (nSPS) is 22.1. The maximum absolute atomic E-state index is 11.5. The van der Waals surface area contributed by atoms with Gasteiger partial charge in [-0.2, -0.15) is 0 Å². The fraction of sp³-hybridized carbons (Fsp3) is 0.625. The average Bonchev–Trinajstić information content (AvgIpc) is 2.46. The highest BCUT2D eigenvalue weighted by atomic mass is 32.2. The Kier molecular flexibility index (Phi) is 5.41. The van der Waals surface area contributed by atoms with E-state index >= 15 is 0 Å². The number of nitrogens with one attached hydrogen (secondary N) is 1. The second kappa shape index (κ2) is 6.90. The van der Waals surface area contributed by atoms with Gasteiger partial charge in [-0.3, -0.25) is 4.90 Å². The van der Waals surface area contributed by atoms with Gasteiger partial charge in [0.2, 0.25) is 0 Å². The van der Waals surface area contributed by atoms with Crippen LogP contribution in [0.4, 0.5) is 0 Å². The van der Waals surface area contributed by atoms with Crippen molar-refractivity contribution in [3.8, 4) is 0 Å². The molecule has 1 aliphatic heterocycles. The van der Waals surface area contributed by atoms with Gasteiger partial charge in [0.05, 0.1) is 4.90 Å². The Bertz CT molecular complexity index is 554. The Morgan fingerprint density at radius 1 is 1.33 bits per heavy atom. The zero-order chi connectivity index (χ0) is 15.5. The molecule has 0 radical (unpaired) electrons. The number of rotatable bonds is 5. The molecule has 0 amide bonds. The van der Waals surface area contributed by atoms with Crippen LogP contribution in [0.15, 0.2) is 29.2 Å². The van der Waals surface area contributed by atoms with Gasteiger partial charge in [-0.15, -0.1) is 0 Å². The van der Waals surface area contributed by atoms with Gasteiger partial charge in [0.15, 0.2) is 9.84 Å². The molecule has 1 N–H and O–H groups in total. The van der Waals surface area contributed by atoms with Crippen molar-refractivity contribution in [2.45, 2.75) is 37.8 Å². The van der Waals surface area contributed by atoms with E-state index in [0.717, 1.165) is 26.2 Å². The second-order valence-corrected chi connectivity index (χ2v) is 8.11. The van der Waals surface area contributed by atoms with E-state index in [1.807, 2.05) is 12.1 Å². The molecule has 2 atom stereocenters. The number of hydrogen-bond acceptors (Lipinski definition) is 4. The van der Waals surface area contributed by atoms with Gasteiger partial charge < -0.3 is 5.32 Å². The maximum Gasteiger partial charge on any atom is 0.175 e. The van der Waals surface area contributed by atoms with Gasteiger partial charge in [0.25, 0.3) is 0 Å². The van der Waals surface area contributed by atoms with Gasteiger partial charge in [-0.25, -0.2) is 8.42 Å². The van der Waals surface area contributed by atoms with Gasteiger partial charge in [0, 0.05) is 38.5 Å². The Labute approximate surface area is 128 Å². The summed E-state index contributed by atoms with van der Waals surface area (Å²) < 4.78 is 22.9. The summed E-state index contributed by atoms with van der Waals surface area (Å²) in [5.41, 5.74) is 1.17. The lowest BCUT2D eigenvalue weighted by Crippen LogP contribution is -2.52. The van der Waals surface area contributed by atoms with Crippen LogP contribution in [0.25, 0.3) is 0 Å². The third-order valence-corrected chi connectivity index (χ3v) is 5.51. The van der Waals surface area contributed by atoms with E-state index in [-0.39, 0.29) is 0 Å². The molecule has 1 heterocycles. The minimum Gasteiger partial charge on any atom is -0.311 e. The van der Waals surface area contributed by atoms with E-state index in [9.17, 15) is 8.42 Å². The zero-order valence-corrected chi connectivity index (χ0v) is 14.0. The quantitative estimate of drug-likeness (QED) is 0.902. The van der Waals surface area contributed by atoms with E-state index in [1.54, 1.807) is 12.1 Å². The van der Waals surface area contributed by atoms with Gasteiger partial charge in [-0.1, -0.05) is 32.4 Å². The first kappa shape index (κ1) is 16.5. The van der Waals surface area contributed by atoms with Crippen LogP contribution in [0.5, 0.6) is 0 Å². The molecule has 0 saturated carbocycles. The lowest BCUT2D eigenvalue weighted by atomic mass is 9.97. The second-order valence-electron chi connectivity index (χ2n) is 6.10. The molecule has 1 aliphatic rings. The minimum absolute atomic E-state index is 0.393. The highest BCUT2D eigenvalue weighted by Crippen LogP contribution is 2.16. The molecular formula is C16H26N2O2S. The van der Waals surface area contributed by atoms with Crippen molar-refractivity contribution in [1.82, 2.24) is 10.2 Å². The maximum atomic E-state index is 11.5. The SMILES string of the molecule is CCC(C)C1CN(Cc2ccc(S(C)(=O)=O)cc2)CCN1. The molecule has 1 aromatic carbocycles. The topological polar surface area (TPSA) is 49.4 Å². The Morgan fingerprint density at radius 2 is 2.00 bits per heavy atom. The molecule has 118 valence electrons. The van der Waals surface area contributed by atoms with Crippen LogP contribution in [0, 0.1) is 5.92 Å². The molecule has 5 heteroatoms. The highest BCUT2D eigenvalue weighted by Gasteiger charge is 2.23. The number of piperazine rings is 1. The van der Waals surface area contributed by atoms with E-state index in [0.29, 0.717) is 16.9 Å². The smallest absolute Gasteiger partial charge is 0.175 e. The Morgan fingerprint density at radius 3 is 2.57 bits per heavy atom. The summed E-state index contributed by atoms with van der Waals surface area (Å²) in [5, 5.41) is 3.59. The van der Waals surface area contributed by atoms with E-state index in [1.165, 1.54) is 18.2 Å². The van der Waals surface area contributed by atoms with Crippen LogP contribution in [0.1, 0.15) is 25.8 Å². The molecule has 0 aliphatic carbocycles. The molecular weight excluding hydrogens is 284 g/mol. The average molecular weight is 310 g/mol. The van der Waals surface area contributed by atoms with Crippen molar-refractivity contribution in [3.05, 3.63) is 29.8 Å². The molecule has 1 saturated heterocycles. The lowest BCUT2D eigenvalue weighted by Gasteiger charge is -2.36. The van der Waals surface area contributed by atoms with Crippen LogP contribution >= 0.6 is 0 Å². The summed E-state index contributed by atoms with van der Waals surface area (Å²) in [6.07, 6.45) is 2.43. The monoisotopic (exact) mass is 310 g/mol. The largest absolute Gasteiger partial charge is 0.311 e. The van der Waals surface area contributed by atoms with Crippen molar-refractivity contribution in [2.24, 2.45) is 5.92 Å². The number of benzene rings is 1. The van der Waals surface area contributed by atoms with Crippen molar-refractivity contribution in [1.29, 1.82) is 0 Å². The molecule has 0 aromatic heterocycles. The van der Waals surface area contributed by atoms with Crippen LogP contribution in [0.3, 0.4) is 0 Å². The third-order valence-electron chi connectivity index (χ3n) is 4.38. The van der Waals surface area contributed by atoms with Crippen LogP contribution in [0.2, 0.25) is 0 Å².